The van der Waals surface area contributed by atoms with Gasteiger partial charge in [0.05, 0.1) is 5.69 Å². The predicted molar refractivity (Wildman–Crippen MR) is 126 cm³/mol. The molecule has 0 radical (unpaired) electrons. The second-order valence-corrected chi connectivity index (χ2v) is 8.98. The van der Waals surface area contributed by atoms with E-state index in [0.29, 0.717) is 24.7 Å². The van der Waals surface area contributed by atoms with Gasteiger partial charge in [-0.05, 0) is 49.7 Å². The number of piperazine rings is 1. The number of halogens is 2. The van der Waals surface area contributed by atoms with Crippen LogP contribution in [0.3, 0.4) is 0 Å². The topological polar surface area (TPSA) is 70.2 Å². The molecule has 0 unspecified atom stereocenters. The molecule has 1 saturated heterocycles. The zero-order valence-corrected chi connectivity index (χ0v) is 19.7. The van der Waals surface area contributed by atoms with E-state index in [1.54, 1.807) is 23.1 Å². The van der Waals surface area contributed by atoms with Crippen molar-refractivity contribution in [2.45, 2.75) is 32.5 Å². The highest BCUT2D eigenvalue weighted by Gasteiger charge is 2.33. The maximum absolute atomic E-state index is 13.2. The summed E-state index contributed by atoms with van der Waals surface area (Å²) in [5.41, 5.74) is 1.21. The Hall–Kier alpha value is -3.23. The van der Waals surface area contributed by atoms with Crippen LogP contribution in [0.25, 0.3) is 0 Å². The fourth-order valence-electron chi connectivity index (χ4n) is 4.24. The average molecular weight is 486 g/mol. The first kappa shape index (κ1) is 23.9. The van der Waals surface area contributed by atoms with Crippen molar-refractivity contribution in [2.24, 2.45) is 0 Å². The Balaban J connectivity index is 1.40. The first-order valence-corrected chi connectivity index (χ1v) is 11.4. The van der Waals surface area contributed by atoms with Crippen LogP contribution in [0.2, 0.25) is 5.02 Å². The summed E-state index contributed by atoms with van der Waals surface area (Å²) in [4.78, 5) is 42.2. The quantitative estimate of drug-likeness (QED) is 0.586. The van der Waals surface area contributed by atoms with Gasteiger partial charge in [-0.15, -0.1) is 0 Å². The van der Waals surface area contributed by atoms with Crippen molar-refractivity contribution in [3.63, 3.8) is 0 Å². The minimum absolute atomic E-state index is 0.0524. The molecule has 0 aromatic heterocycles. The van der Waals surface area contributed by atoms with Gasteiger partial charge in [0.1, 0.15) is 11.6 Å². The molecular formula is C25H25ClFN3O4. The number of hydrogen-bond acceptors (Lipinski definition) is 5. The lowest BCUT2D eigenvalue weighted by molar-refractivity contribution is -0.139. The van der Waals surface area contributed by atoms with Crippen molar-refractivity contribution in [1.82, 2.24) is 9.80 Å². The smallest absolute Gasteiger partial charge is 0.260 e. The van der Waals surface area contributed by atoms with Gasteiger partial charge in [0, 0.05) is 48.9 Å². The number of nitrogens with zero attached hydrogens (tertiary/aromatic N) is 3. The molecule has 3 amide bonds. The summed E-state index contributed by atoms with van der Waals surface area (Å²) in [6, 6.07) is 11.1. The summed E-state index contributed by atoms with van der Waals surface area (Å²) in [5, 5.41) is 0.334. The summed E-state index contributed by atoms with van der Waals surface area (Å²) >= 11 is 6.07. The van der Waals surface area contributed by atoms with E-state index in [2.05, 4.69) is 4.90 Å². The Labute approximate surface area is 202 Å². The predicted octanol–water partition coefficient (Wildman–Crippen LogP) is 3.41. The third kappa shape index (κ3) is 5.13. The summed E-state index contributed by atoms with van der Waals surface area (Å²) in [6.07, 6.45) is 2.35. The molecule has 0 N–H and O–H groups in total. The molecule has 9 heteroatoms. The van der Waals surface area contributed by atoms with Crippen LogP contribution in [0.1, 0.15) is 19.4 Å². The van der Waals surface area contributed by atoms with E-state index in [0.717, 1.165) is 10.5 Å². The van der Waals surface area contributed by atoms with Gasteiger partial charge >= 0.3 is 0 Å². The summed E-state index contributed by atoms with van der Waals surface area (Å²) in [6.45, 7) is 5.63. The second kappa shape index (κ2) is 9.95. The molecule has 0 spiro atoms. The van der Waals surface area contributed by atoms with E-state index in [4.69, 9.17) is 16.3 Å². The van der Waals surface area contributed by atoms with Crippen LogP contribution in [0, 0.1) is 5.82 Å². The van der Waals surface area contributed by atoms with E-state index in [1.807, 2.05) is 13.8 Å². The van der Waals surface area contributed by atoms with Gasteiger partial charge in [0.2, 0.25) is 0 Å². The number of anilines is 1. The Bertz CT molecular complexity index is 1120. The first-order chi connectivity index (χ1) is 16.2. The van der Waals surface area contributed by atoms with Crippen molar-refractivity contribution in [3.05, 3.63) is 71.0 Å². The van der Waals surface area contributed by atoms with Crippen molar-refractivity contribution < 1.29 is 23.5 Å². The Morgan fingerprint density at radius 2 is 1.71 bits per heavy atom. The zero-order chi connectivity index (χ0) is 24.4. The van der Waals surface area contributed by atoms with Crippen LogP contribution >= 0.6 is 11.6 Å². The molecule has 2 aliphatic rings. The van der Waals surface area contributed by atoms with Gasteiger partial charge in [-0.2, -0.15) is 0 Å². The number of ether oxygens (including phenoxy) is 1. The van der Waals surface area contributed by atoms with Crippen LogP contribution in [-0.4, -0.2) is 59.3 Å². The van der Waals surface area contributed by atoms with E-state index < -0.39 is 11.8 Å². The van der Waals surface area contributed by atoms with Crippen LogP contribution in [0.4, 0.5) is 10.1 Å². The van der Waals surface area contributed by atoms with E-state index in [1.165, 1.54) is 36.4 Å². The van der Waals surface area contributed by atoms with Gasteiger partial charge in [-0.3, -0.25) is 19.3 Å². The van der Waals surface area contributed by atoms with Gasteiger partial charge in [0.25, 0.3) is 17.7 Å². The number of hydrogen-bond donors (Lipinski definition) is 0. The third-order valence-electron chi connectivity index (χ3n) is 6.06. The second-order valence-electron chi connectivity index (χ2n) is 8.55. The minimum atomic E-state index is -0.497. The molecule has 2 heterocycles. The largest absolute Gasteiger partial charge is 0.482 e. The van der Waals surface area contributed by atoms with Crippen molar-refractivity contribution in [2.75, 3.05) is 24.6 Å². The maximum atomic E-state index is 13.2. The molecule has 4 rings (SSSR count). The molecule has 2 aromatic rings. The van der Waals surface area contributed by atoms with Crippen LogP contribution in [0.15, 0.2) is 54.6 Å². The highest BCUT2D eigenvalue weighted by atomic mass is 35.5. The Morgan fingerprint density at radius 1 is 1.03 bits per heavy atom. The summed E-state index contributed by atoms with van der Waals surface area (Å²) < 4.78 is 19.0. The van der Waals surface area contributed by atoms with Crippen molar-refractivity contribution in [3.8, 4) is 5.75 Å². The lowest BCUT2D eigenvalue weighted by Crippen LogP contribution is -2.58. The number of carbonyl (C=O) groups is 3. The van der Waals surface area contributed by atoms with Crippen LogP contribution < -0.4 is 9.64 Å². The standard InChI is InChI=1S/C25H25ClFN3O4/c1-16-13-29(17(2)12-28(16)14-18-3-6-20(27)7-4-18)25(33)15-34-22-8-5-19(26)11-21(22)30-23(31)9-10-24(30)32/h3-11,16-17H,12-15H2,1-2H3/t16-,17+/m1/s1. The van der Waals surface area contributed by atoms with Gasteiger partial charge in [0.15, 0.2) is 6.61 Å². The molecular weight excluding hydrogens is 461 g/mol. The highest BCUT2D eigenvalue weighted by Crippen LogP contribution is 2.33. The van der Waals surface area contributed by atoms with Crippen LogP contribution in [0.5, 0.6) is 5.75 Å². The van der Waals surface area contributed by atoms with Gasteiger partial charge in [-0.1, -0.05) is 23.7 Å². The first-order valence-electron chi connectivity index (χ1n) is 11.0. The fourth-order valence-corrected chi connectivity index (χ4v) is 4.40. The molecule has 34 heavy (non-hydrogen) atoms. The highest BCUT2D eigenvalue weighted by molar-refractivity contribution is 6.32. The molecule has 178 valence electrons. The van der Waals surface area contributed by atoms with E-state index in [9.17, 15) is 18.8 Å². The number of rotatable bonds is 6. The Morgan fingerprint density at radius 3 is 2.38 bits per heavy atom. The SMILES string of the molecule is C[C@@H]1CN(C(=O)COc2ccc(Cl)cc2N2C(=O)C=CC2=O)[C@@H](C)CN1Cc1ccc(F)cc1. The van der Waals surface area contributed by atoms with Crippen LogP contribution in [-0.2, 0) is 20.9 Å². The number of benzene rings is 2. The normalized spacial score (nSPS) is 20.8. The molecule has 0 saturated carbocycles. The Kier molecular flexibility index (Phi) is 7.00. The average Bonchev–Trinajstić information content (AvgIpc) is 3.14. The van der Waals surface area contributed by atoms with E-state index in [-0.39, 0.29) is 41.9 Å². The molecule has 7 nitrogen and oxygen atoms in total. The van der Waals surface area contributed by atoms with Crippen molar-refractivity contribution >= 4 is 35.0 Å². The number of carbonyl (C=O) groups excluding carboxylic acids is 3. The zero-order valence-electron chi connectivity index (χ0n) is 18.9. The maximum Gasteiger partial charge on any atom is 0.260 e. The lowest BCUT2D eigenvalue weighted by atomic mass is 10.1. The molecule has 0 aliphatic carbocycles. The van der Waals surface area contributed by atoms with Gasteiger partial charge in [-0.25, -0.2) is 9.29 Å². The number of imide groups is 1. The van der Waals surface area contributed by atoms with Crippen molar-refractivity contribution in [1.29, 1.82) is 0 Å². The molecule has 1 fully saturated rings. The third-order valence-corrected chi connectivity index (χ3v) is 6.29. The van der Waals surface area contributed by atoms with Gasteiger partial charge < -0.3 is 9.64 Å². The van der Waals surface area contributed by atoms with E-state index >= 15 is 0 Å². The molecule has 2 aromatic carbocycles. The number of amides is 3. The minimum Gasteiger partial charge on any atom is -0.482 e. The summed E-state index contributed by atoms with van der Waals surface area (Å²) in [7, 11) is 0. The lowest BCUT2D eigenvalue weighted by Gasteiger charge is -2.44. The fraction of sp³-hybridized carbons (Fsp3) is 0.320. The monoisotopic (exact) mass is 485 g/mol. The molecule has 2 atom stereocenters. The molecule has 2 aliphatic heterocycles. The molecule has 0 bridgehead atoms. The summed E-state index contributed by atoms with van der Waals surface area (Å²) in [5.74, 6) is -1.23.